The van der Waals surface area contributed by atoms with Crippen molar-refractivity contribution in [1.29, 1.82) is 0 Å². The van der Waals surface area contributed by atoms with Crippen molar-refractivity contribution in [2.75, 3.05) is 6.54 Å². The first kappa shape index (κ1) is 9.36. The molecule has 3 heterocycles. The van der Waals surface area contributed by atoms with Crippen LogP contribution in [0.5, 0.6) is 0 Å². The van der Waals surface area contributed by atoms with Crippen LogP contribution in [0.2, 0.25) is 0 Å². The Morgan fingerprint density at radius 2 is 2.53 bits per heavy atom. The van der Waals surface area contributed by atoms with Gasteiger partial charge in [0.1, 0.15) is 0 Å². The van der Waals surface area contributed by atoms with Gasteiger partial charge in [-0.15, -0.1) is 11.3 Å². The van der Waals surface area contributed by atoms with Gasteiger partial charge in [0.05, 0.1) is 6.54 Å². The Morgan fingerprint density at radius 1 is 1.60 bits per heavy atom. The second-order valence-corrected chi connectivity index (χ2v) is 5.25. The molecule has 1 aromatic heterocycles. The summed E-state index contributed by atoms with van der Waals surface area (Å²) in [5.41, 5.74) is 0. The van der Waals surface area contributed by atoms with Gasteiger partial charge >= 0.3 is 0 Å². The van der Waals surface area contributed by atoms with E-state index in [1.807, 2.05) is 6.07 Å². The van der Waals surface area contributed by atoms with E-state index in [2.05, 4.69) is 21.7 Å². The molecule has 0 saturated carbocycles. The molecular weight excluding hydrogens is 208 g/mol. The Labute approximate surface area is 93.1 Å². The van der Waals surface area contributed by atoms with Gasteiger partial charge in [0.25, 0.3) is 0 Å². The predicted octanol–water partition coefficient (Wildman–Crippen LogP) is 1.21. The largest absolute Gasteiger partial charge is 0.333 e. The molecule has 2 saturated heterocycles. The van der Waals surface area contributed by atoms with Crippen molar-refractivity contribution in [3.8, 4) is 0 Å². The summed E-state index contributed by atoms with van der Waals surface area (Å²) in [4.78, 5) is 15.1. The number of likely N-dealkylation sites (tertiary alicyclic amines) is 1. The van der Waals surface area contributed by atoms with Crippen LogP contribution in [0, 0.1) is 0 Å². The smallest absolute Gasteiger partial charge is 0.224 e. The van der Waals surface area contributed by atoms with E-state index < -0.39 is 0 Å². The highest BCUT2D eigenvalue weighted by molar-refractivity contribution is 7.09. The van der Waals surface area contributed by atoms with Crippen LogP contribution in [0.25, 0.3) is 0 Å². The molecule has 0 bridgehead atoms. The second kappa shape index (κ2) is 3.61. The lowest BCUT2D eigenvalue weighted by Crippen LogP contribution is -2.35. The van der Waals surface area contributed by atoms with E-state index in [1.54, 1.807) is 11.3 Å². The number of amides is 1. The van der Waals surface area contributed by atoms with E-state index in [0.29, 0.717) is 24.4 Å². The van der Waals surface area contributed by atoms with E-state index in [-0.39, 0.29) is 0 Å². The van der Waals surface area contributed by atoms with Crippen LogP contribution in [0.1, 0.15) is 17.7 Å². The van der Waals surface area contributed by atoms with Crippen molar-refractivity contribution in [3.05, 3.63) is 22.4 Å². The zero-order valence-corrected chi connectivity index (χ0v) is 9.30. The molecule has 0 radical (unpaired) electrons. The Morgan fingerprint density at radius 3 is 3.33 bits per heavy atom. The zero-order valence-electron chi connectivity index (χ0n) is 8.48. The highest BCUT2D eigenvalue weighted by Gasteiger charge is 2.42. The molecule has 2 aliphatic heterocycles. The molecule has 3 rings (SSSR count). The molecular formula is C11H14N2OS. The maximum Gasteiger partial charge on any atom is 0.224 e. The van der Waals surface area contributed by atoms with Gasteiger partial charge in [-0.05, 0) is 24.4 Å². The predicted molar refractivity (Wildman–Crippen MR) is 59.7 cm³/mol. The Kier molecular flexibility index (Phi) is 2.25. The normalized spacial score (nSPS) is 29.9. The molecule has 0 unspecified atom stereocenters. The fourth-order valence-corrected chi connectivity index (χ4v) is 3.30. The van der Waals surface area contributed by atoms with Gasteiger partial charge in [-0.2, -0.15) is 0 Å². The van der Waals surface area contributed by atoms with Gasteiger partial charge in [0.2, 0.25) is 5.91 Å². The first-order valence-electron chi connectivity index (χ1n) is 5.40. The molecule has 0 aliphatic carbocycles. The molecule has 1 aromatic rings. The van der Waals surface area contributed by atoms with E-state index in [0.717, 1.165) is 19.5 Å². The number of thiophene rings is 1. The topological polar surface area (TPSA) is 32.3 Å². The Hall–Kier alpha value is -0.870. The third-order valence-corrected chi connectivity index (χ3v) is 4.19. The summed E-state index contributed by atoms with van der Waals surface area (Å²) in [7, 11) is 0. The quantitative estimate of drug-likeness (QED) is 0.816. The monoisotopic (exact) mass is 222 g/mol. The maximum atomic E-state index is 11.8. The molecule has 2 atom stereocenters. The molecule has 0 spiro atoms. The van der Waals surface area contributed by atoms with E-state index in [9.17, 15) is 4.79 Å². The summed E-state index contributed by atoms with van der Waals surface area (Å²) >= 11 is 1.73. The van der Waals surface area contributed by atoms with Gasteiger partial charge in [0.15, 0.2) is 0 Å². The number of nitrogens with one attached hydrogen (secondary N) is 1. The molecule has 80 valence electrons. The lowest BCUT2D eigenvalue weighted by atomic mass is 10.1. The zero-order chi connectivity index (χ0) is 10.3. The summed E-state index contributed by atoms with van der Waals surface area (Å²) in [5, 5.41) is 5.47. The first-order valence-corrected chi connectivity index (χ1v) is 6.28. The minimum absolute atomic E-state index is 0.311. The number of fused-ring (bicyclic) bond motifs is 1. The third kappa shape index (κ3) is 1.58. The average Bonchev–Trinajstić information content (AvgIpc) is 2.86. The van der Waals surface area contributed by atoms with Crippen LogP contribution < -0.4 is 5.32 Å². The standard InChI is InChI=1S/C11H14N2OS/c14-11-6-9-10(3-4-12-9)13(11)7-8-2-1-5-15-8/h1-2,5,9-10,12H,3-4,6-7H2/t9-,10-/m1/s1. The molecule has 1 N–H and O–H groups in total. The molecule has 2 fully saturated rings. The SMILES string of the molecule is O=C1C[C@H]2NCC[C@H]2N1Cc1cccs1. The first-order chi connectivity index (χ1) is 7.34. The fraction of sp³-hybridized carbons (Fsp3) is 0.545. The van der Waals surface area contributed by atoms with Gasteiger partial charge in [-0.3, -0.25) is 4.79 Å². The van der Waals surface area contributed by atoms with E-state index >= 15 is 0 Å². The number of hydrogen-bond acceptors (Lipinski definition) is 3. The van der Waals surface area contributed by atoms with E-state index in [1.165, 1.54) is 4.88 Å². The fourth-order valence-electron chi connectivity index (χ4n) is 2.60. The van der Waals surface area contributed by atoms with Crippen LogP contribution in [0.3, 0.4) is 0 Å². The number of rotatable bonds is 2. The van der Waals surface area contributed by atoms with Crippen molar-refractivity contribution in [3.63, 3.8) is 0 Å². The highest BCUT2D eigenvalue weighted by atomic mass is 32.1. The average molecular weight is 222 g/mol. The molecule has 0 aromatic carbocycles. The van der Waals surface area contributed by atoms with Gasteiger partial charge in [0, 0.05) is 23.4 Å². The van der Waals surface area contributed by atoms with Crippen LogP contribution in [0.4, 0.5) is 0 Å². The van der Waals surface area contributed by atoms with Crippen molar-refractivity contribution < 1.29 is 4.79 Å². The summed E-state index contributed by atoms with van der Waals surface area (Å²) in [6, 6.07) is 5.01. The molecule has 15 heavy (non-hydrogen) atoms. The molecule has 1 amide bonds. The molecule has 4 heteroatoms. The summed E-state index contributed by atoms with van der Waals surface area (Å²) in [5.74, 6) is 0.311. The molecule has 2 aliphatic rings. The summed E-state index contributed by atoms with van der Waals surface area (Å²) in [6.07, 6.45) is 1.80. The maximum absolute atomic E-state index is 11.8. The van der Waals surface area contributed by atoms with Crippen molar-refractivity contribution >= 4 is 17.2 Å². The van der Waals surface area contributed by atoms with Crippen molar-refractivity contribution in [2.24, 2.45) is 0 Å². The minimum atomic E-state index is 0.311. The lowest BCUT2D eigenvalue weighted by molar-refractivity contribution is -0.129. The summed E-state index contributed by atoms with van der Waals surface area (Å²) < 4.78 is 0. The number of hydrogen-bond donors (Lipinski definition) is 1. The minimum Gasteiger partial charge on any atom is -0.333 e. The van der Waals surface area contributed by atoms with Gasteiger partial charge in [-0.25, -0.2) is 0 Å². The van der Waals surface area contributed by atoms with Gasteiger partial charge in [-0.1, -0.05) is 6.07 Å². The number of carbonyl (C=O) groups excluding carboxylic acids is 1. The highest BCUT2D eigenvalue weighted by Crippen LogP contribution is 2.28. The Balaban J connectivity index is 1.77. The van der Waals surface area contributed by atoms with E-state index in [4.69, 9.17) is 0 Å². The lowest BCUT2D eigenvalue weighted by Gasteiger charge is -2.22. The number of nitrogens with zero attached hydrogens (tertiary/aromatic N) is 1. The van der Waals surface area contributed by atoms with Crippen LogP contribution >= 0.6 is 11.3 Å². The van der Waals surface area contributed by atoms with Crippen molar-refractivity contribution in [2.45, 2.75) is 31.5 Å². The second-order valence-electron chi connectivity index (χ2n) is 4.22. The Bertz CT molecular complexity index is 363. The van der Waals surface area contributed by atoms with Crippen LogP contribution in [-0.2, 0) is 11.3 Å². The van der Waals surface area contributed by atoms with Crippen LogP contribution in [-0.4, -0.2) is 29.4 Å². The van der Waals surface area contributed by atoms with Crippen LogP contribution in [0.15, 0.2) is 17.5 Å². The van der Waals surface area contributed by atoms with Gasteiger partial charge < -0.3 is 10.2 Å². The number of carbonyl (C=O) groups is 1. The third-order valence-electron chi connectivity index (χ3n) is 3.33. The molecule has 3 nitrogen and oxygen atoms in total. The summed E-state index contributed by atoms with van der Waals surface area (Å²) in [6.45, 7) is 1.86. The van der Waals surface area contributed by atoms with Crippen molar-refractivity contribution in [1.82, 2.24) is 10.2 Å².